The number of thioether (sulfide) groups is 1. The van der Waals surface area contributed by atoms with E-state index in [-0.39, 0.29) is 0 Å². The quantitative estimate of drug-likeness (QED) is 0.368. The standard InChI is InChI=1S/C8H18N2.C8H17NO.C8H17N.C8H16S/c1-8(2,3)10-6-4-9-5-7-10;1-8(2,3)9-4-6-10-7-5-9;1-8(2,3)9-6-4-5-7-9;1-8(2,3)7-4-5-9-6-7/h9H,4-7H2,1-3H3;4-7H2,1-3H3;4-7H2,1-3H3;7H,4-6H2,1-3H3. The van der Waals surface area contributed by atoms with Gasteiger partial charge < -0.3 is 10.1 Å². The van der Waals surface area contributed by atoms with Crippen molar-refractivity contribution in [2.24, 2.45) is 11.3 Å². The molecule has 0 saturated carbocycles. The Morgan fingerprint density at radius 2 is 1.03 bits per heavy atom. The Balaban J connectivity index is 0.000000254. The minimum absolute atomic E-state index is 0.323. The third kappa shape index (κ3) is 15.2. The molecule has 0 bridgehead atoms. The zero-order valence-electron chi connectivity index (χ0n) is 27.8. The summed E-state index contributed by atoms with van der Waals surface area (Å²) in [6.45, 7) is 38.8. The number of nitrogens with one attached hydrogen (secondary N) is 1. The average Bonchev–Trinajstić information content (AvgIpc) is 3.55. The van der Waals surface area contributed by atoms with E-state index in [1.165, 1.54) is 56.9 Å². The molecule has 0 aromatic carbocycles. The SMILES string of the molecule is CC(C)(C)C1CCSC1.CC(C)(C)N1CCCC1.CC(C)(C)N1CCNCC1.CC(C)(C)N1CCOCC1. The number of nitrogens with zero attached hydrogens (tertiary/aromatic N) is 3. The number of hydrogen-bond donors (Lipinski definition) is 1. The van der Waals surface area contributed by atoms with Gasteiger partial charge in [-0.2, -0.15) is 11.8 Å². The van der Waals surface area contributed by atoms with E-state index < -0.39 is 0 Å². The molecule has 0 spiro atoms. The van der Waals surface area contributed by atoms with E-state index in [9.17, 15) is 0 Å². The molecule has 0 aromatic rings. The van der Waals surface area contributed by atoms with E-state index in [0.29, 0.717) is 22.0 Å². The van der Waals surface area contributed by atoms with Crippen LogP contribution in [-0.2, 0) is 4.74 Å². The van der Waals surface area contributed by atoms with Crippen molar-refractivity contribution in [3.63, 3.8) is 0 Å². The lowest BCUT2D eigenvalue weighted by molar-refractivity contribution is -0.00389. The second kappa shape index (κ2) is 16.6. The Kier molecular flexibility index (Phi) is 15.8. The van der Waals surface area contributed by atoms with Crippen LogP contribution in [0.3, 0.4) is 0 Å². The van der Waals surface area contributed by atoms with Gasteiger partial charge in [-0.05, 0) is 118 Å². The molecule has 0 aromatic heterocycles. The Bertz CT molecular complexity index is 537. The normalized spacial score (nSPS) is 24.5. The summed E-state index contributed by atoms with van der Waals surface area (Å²) in [5.74, 6) is 3.76. The van der Waals surface area contributed by atoms with Crippen LogP contribution in [0.25, 0.3) is 0 Å². The fourth-order valence-corrected chi connectivity index (χ4v) is 6.74. The predicted molar refractivity (Wildman–Crippen MR) is 172 cm³/mol. The van der Waals surface area contributed by atoms with Crippen LogP contribution in [0.2, 0.25) is 0 Å². The summed E-state index contributed by atoms with van der Waals surface area (Å²) < 4.78 is 5.25. The molecule has 228 valence electrons. The van der Waals surface area contributed by atoms with Gasteiger partial charge in [0.2, 0.25) is 0 Å². The van der Waals surface area contributed by atoms with Gasteiger partial charge in [0.05, 0.1) is 13.2 Å². The molecule has 0 amide bonds. The Labute approximate surface area is 243 Å². The highest BCUT2D eigenvalue weighted by molar-refractivity contribution is 7.99. The molecule has 4 aliphatic heterocycles. The van der Waals surface area contributed by atoms with Crippen molar-refractivity contribution in [3.05, 3.63) is 0 Å². The molecule has 0 radical (unpaired) electrons. The van der Waals surface area contributed by atoms with Crippen molar-refractivity contribution < 1.29 is 4.74 Å². The van der Waals surface area contributed by atoms with Gasteiger partial charge in [-0.15, -0.1) is 0 Å². The summed E-state index contributed by atoms with van der Waals surface area (Å²) in [5.41, 5.74) is 1.66. The third-order valence-electron chi connectivity index (χ3n) is 8.23. The lowest BCUT2D eigenvalue weighted by Gasteiger charge is -2.38. The van der Waals surface area contributed by atoms with Crippen LogP contribution in [0.15, 0.2) is 0 Å². The van der Waals surface area contributed by atoms with E-state index in [4.69, 9.17) is 4.74 Å². The second-order valence-corrected chi connectivity index (χ2v) is 16.6. The van der Waals surface area contributed by atoms with E-state index in [0.717, 1.165) is 45.3 Å². The van der Waals surface area contributed by atoms with Crippen LogP contribution in [-0.4, -0.2) is 108 Å². The predicted octanol–water partition coefficient (Wildman–Crippen LogP) is 6.47. The van der Waals surface area contributed by atoms with E-state index >= 15 is 0 Å². The van der Waals surface area contributed by atoms with Crippen LogP contribution in [0.1, 0.15) is 102 Å². The maximum Gasteiger partial charge on any atom is 0.0594 e. The number of ether oxygens (including phenoxy) is 1. The molecule has 4 heterocycles. The molecule has 4 rings (SSSR count). The lowest BCUT2D eigenvalue weighted by atomic mass is 9.81. The fourth-order valence-electron chi connectivity index (χ4n) is 5.18. The van der Waals surface area contributed by atoms with Gasteiger partial charge in [0.1, 0.15) is 0 Å². The van der Waals surface area contributed by atoms with Crippen LogP contribution in [0.4, 0.5) is 0 Å². The van der Waals surface area contributed by atoms with Crippen LogP contribution < -0.4 is 5.32 Å². The molecule has 4 fully saturated rings. The molecule has 6 heteroatoms. The van der Waals surface area contributed by atoms with Crippen LogP contribution >= 0.6 is 11.8 Å². The largest absolute Gasteiger partial charge is 0.379 e. The van der Waals surface area contributed by atoms with Gasteiger partial charge in [-0.1, -0.05) is 20.8 Å². The molecule has 4 saturated heterocycles. The first kappa shape index (κ1) is 36.2. The molecule has 1 N–H and O–H groups in total. The maximum atomic E-state index is 5.25. The number of likely N-dealkylation sites (tertiary alicyclic amines) is 1. The smallest absolute Gasteiger partial charge is 0.0594 e. The minimum atomic E-state index is 0.323. The van der Waals surface area contributed by atoms with Gasteiger partial charge in [0, 0.05) is 55.9 Å². The number of piperazine rings is 1. The zero-order chi connectivity index (χ0) is 29.0. The monoisotopic (exact) mass is 557 g/mol. The Hall–Kier alpha value is 0.150. The van der Waals surface area contributed by atoms with Gasteiger partial charge in [-0.3, -0.25) is 14.7 Å². The number of rotatable bonds is 0. The molecular formula is C32H68N4OS. The molecule has 4 aliphatic rings. The molecule has 38 heavy (non-hydrogen) atoms. The van der Waals surface area contributed by atoms with Gasteiger partial charge >= 0.3 is 0 Å². The zero-order valence-corrected chi connectivity index (χ0v) is 28.7. The summed E-state index contributed by atoms with van der Waals surface area (Å²) in [6, 6.07) is 0. The summed E-state index contributed by atoms with van der Waals surface area (Å²) >= 11 is 2.11. The molecule has 0 aliphatic carbocycles. The van der Waals surface area contributed by atoms with E-state index in [1.54, 1.807) is 0 Å². The molecular weight excluding hydrogens is 488 g/mol. The molecule has 5 nitrogen and oxygen atoms in total. The highest BCUT2D eigenvalue weighted by Crippen LogP contribution is 2.37. The summed E-state index contributed by atoms with van der Waals surface area (Å²) in [4.78, 5) is 7.52. The van der Waals surface area contributed by atoms with Crippen LogP contribution in [0, 0.1) is 11.3 Å². The Morgan fingerprint density at radius 3 is 1.29 bits per heavy atom. The van der Waals surface area contributed by atoms with Gasteiger partial charge in [0.25, 0.3) is 0 Å². The number of hydrogen-bond acceptors (Lipinski definition) is 6. The van der Waals surface area contributed by atoms with Gasteiger partial charge in [-0.25, -0.2) is 0 Å². The van der Waals surface area contributed by atoms with Crippen molar-refractivity contribution in [2.45, 2.75) is 119 Å². The topological polar surface area (TPSA) is 31.0 Å². The summed E-state index contributed by atoms with van der Waals surface area (Å²) in [6.07, 6.45) is 4.24. The van der Waals surface area contributed by atoms with Crippen molar-refractivity contribution in [1.29, 1.82) is 0 Å². The van der Waals surface area contributed by atoms with Crippen molar-refractivity contribution in [2.75, 3.05) is 77.1 Å². The average molecular weight is 557 g/mol. The van der Waals surface area contributed by atoms with Crippen LogP contribution in [0.5, 0.6) is 0 Å². The molecule has 1 atom stereocenters. The van der Waals surface area contributed by atoms with Crippen molar-refractivity contribution in [1.82, 2.24) is 20.0 Å². The highest BCUT2D eigenvalue weighted by Gasteiger charge is 2.27. The van der Waals surface area contributed by atoms with E-state index in [1.807, 2.05) is 0 Å². The van der Waals surface area contributed by atoms with Gasteiger partial charge in [0.15, 0.2) is 0 Å². The summed E-state index contributed by atoms with van der Waals surface area (Å²) in [5, 5.41) is 3.35. The lowest BCUT2D eigenvalue weighted by Crippen LogP contribution is -2.51. The fraction of sp³-hybridized carbons (Fsp3) is 1.00. The maximum absolute atomic E-state index is 5.25. The van der Waals surface area contributed by atoms with Crippen molar-refractivity contribution >= 4 is 11.8 Å². The van der Waals surface area contributed by atoms with Crippen molar-refractivity contribution in [3.8, 4) is 0 Å². The second-order valence-electron chi connectivity index (χ2n) is 15.5. The first-order chi connectivity index (χ1) is 17.4. The summed E-state index contributed by atoms with van der Waals surface area (Å²) in [7, 11) is 0. The van der Waals surface area contributed by atoms with E-state index in [2.05, 4.69) is 115 Å². The first-order valence-electron chi connectivity index (χ1n) is 15.5. The third-order valence-corrected chi connectivity index (χ3v) is 9.40. The highest BCUT2D eigenvalue weighted by atomic mass is 32.2. The minimum Gasteiger partial charge on any atom is -0.379 e. The molecule has 1 unspecified atom stereocenters. The Morgan fingerprint density at radius 1 is 0.605 bits per heavy atom. The number of morpholine rings is 1. The first-order valence-corrected chi connectivity index (χ1v) is 16.7.